The third-order valence-corrected chi connectivity index (χ3v) is 6.62. The fraction of sp³-hybridized carbons (Fsp3) is 0.200. The van der Waals surface area contributed by atoms with E-state index in [1.54, 1.807) is 60.7 Å². The SMILES string of the molecule is CCCCC(C)(c1cccc(O)c1-c1ccc(O)cc1)c1cccc(O)c1-c1ccc(O)cc1. The minimum atomic E-state index is -0.548. The maximum absolute atomic E-state index is 11.0. The van der Waals surface area contributed by atoms with Gasteiger partial charge in [0.1, 0.15) is 23.0 Å². The van der Waals surface area contributed by atoms with Crippen molar-refractivity contribution in [2.75, 3.05) is 0 Å². The molecule has 0 bridgehead atoms. The number of rotatable bonds is 7. The standard InChI is InChI=1S/C30H30O4/c1-3-4-19-30(2,24-7-5-9-26(33)28(24)20-11-15-22(31)16-12-20)25-8-6-10-27(34)29(25)21-13-17-23(32)18-14-21/h5-18,31-34H,3-4,19H2,1-2H3. The third-order valence-electron chi connectivity index (χ3n) is 6.62. The second-order valence-corrected chi connectivity index (χ2v) is 8.93. The summed E-state index contributed by atoms with van der Waals surface area (Å²) in [6, 6.07) is 24.8. The maximum atomic E-state index is 11.0. The first-order valence-corrected chi connectivity index (χ1v) is 11.6. The zero-order valence-electron chi connectivity index (χ0n) is 19.5. The molecule has 4 aromatic rings. The van der Waals surface area contributed by atoms with Crippen molar-refractivity contribution in [3.8, 4) is 45.3 Å². The summed E-state index contributed by atoms with van der Waals surface area (Å²) in [5.74, 6) is 0.656. The van der Waals surface area contributed by atoms with E-state index in [-0.39, 0.29) is 23.0 Å². The van der Waals surface area contributed by atoms with E-state index in [1.165, 1.54) is 0 Å². The fourth-order valence-electron chi connectivity index (χ4n) is 4.81. The van der Waals surface area contributed by atoms with Gasteiger partial charge in [-0.2, -0.15) is 0 Å². The highest BCUT2D eigenvalue weighted by atomic mass is 16.3. The molecule has 0 amide bonds. The molecule has 34 heavy (non-hydrogen) atoms. The van der Waals surface area contributed by atoms with E-state index < -0.39 is 5.41 Å². The molecular formula is C30H30O4. The normalized spacial score (nSPS) is 11.5. The van der Waals surface area contributed by atoms with Crippen LogP contribution in [0, 0.1) is 0 Å². The van der Waals surface area contributed by atoms with Gasteiger partial charge in [0.25, 0.3) is 0 Å². The Hall–Kier alpha value is -3.92. The van der Waals surface area contributed by atoms with Crippen molar-refractivity contribution in [1.29, 1.82) is 0 Å². The molecule has 0 radical (unpaired) electrons. The lowest BCUT2D eigenvalue weighted by molar-refractivity contribution is 0.459. The van der Waals surface area contributed by atoms with E-state index in [2.05, 4.69) is 13.8 Å². The second-order valence-electron chi connectivity index (χ2n) is 8.93. The summed E-state index contributed by atoms with van der Waals surface area (Å²) < 4.78 is 0. The molecule has 4 N–H and O–H groups in total. The van der Waals surface area contributed by atoms with E-state index in [9.17, 15) is 20.4 Å². The van der Waals surface area contributed by atoms with Crippen molar-refractivity contribution < 1.29 is 20.4 Å². The summed E-state index contributed by atoms with van der Waals surface area (Å²) in [5.41, 5.74) is 4.37. The Kier molecular flexibility index (Phi) is 6.51. The molecule has 4 rings (SSSR count). The summed E-state index contributed by atoms with van der Waals surface area (Å²) >= 11 is 0. The van der Waals surface area contributed by atoms with E-state index >= 15 is 0 Å². The van der Waals surface area contributed by atoms with E-state index in [1.807, 2.05) is 24.3 Å². The first-order chi connectivity index (χ1) is 16.3. The number of unbranched alkanes of at least 4 members (excludes halogenated alkanes) is 1. The van der Waals surface area contributed by atoms with Crippen molar-refractivity contribution in [2.24, 2.45) is 0 Å². The van der Waals surface area contributed by atoms with Gasteiger partial charge in [-0.25, -0.2) is 0 Å². The maximum Gasteiger partial charge on any atom is 0.123 e. The molecular weight excluding hydrogens is 424 g/mol. The molecule has 0 atom stereocenters. The first-order valence-electron chi connectivity index (χ1n) is 11.6. The number of hydrogen-bond donors (Lipinski definition) is 4. The Balaban J connectivity index is 2.01. The molecule has 4 nitrogen and oxygen atoms in total. The number of aromatic hydroxyl groups is 4. The van der Waals surface area contributed by atoms with Crippen LogP contribution in [0.25, 0.3) is 22.3 Å². The molecule has 0 aliphatic heterocycles. The van der Waals surface area contributed by atoms with Crippen LogP contribution in [0.3, 0.4) is 0 Å². The molecule has 4 heteroatoms. The zero-order valence-corrected chi connectivity index (χ0v) is 19.5. The summed E-state index contributed by atoms with van der Waals surface area (Å²) in [7, 11) is 0. The fourth-order valence-corrected chi connectivity index (χ4v) is 4.81. The highest BCUT2D eigenvalue weighted by molar-refractivity contribution is 5.80. The lowest BCUT2D eigenvalue weighted by Gasteiger charge is -2.35. The molecule has 0 heterocycles. The first kappa shape index (κ1) is 23.2. The van der Waals surface area contributed by atoms with Gasteiger partial charge in [0, 0.05) is 16.5 Å². The van der Waals surface area contributed by atoms with Crippen molar-refractivity contribution >= 4 is 0 Å². The van der Waals surface area contributed by atoms with Gasteiger partial charge in [0.15, 0.2) is 0 Å². The molecule has 0 saturated heterocycles. The average molecular weight is 455 g/mol. The quantitative estimate of drug-likeness (QED) is 0.235. The van der Waals surface area contributed by atoms with E-state index in [0.717, 1.165) is 41.5 Å². The monoisotopic (exact) mass is 454 g/mol. The van der Waals surface area contributed by atoms with Crippen LogP contribution in [0.5, 0.6) is 23.0 Å². The van der Waals surface area contributed by atoms with Crippen LogP contribution in [0.15, 0.2) is 84.9 Å². The van der Waals surface area contributed by atoms with Crippen molar-refractivity contribution in [3.05, 3.63) is 96.1 Å². The summed E-state index contributed by atoms with van der Waals surface area (Å²) in [5, 5.41) is 41.6. The largest absolute Gasteiger partial charge is 0.508 e. The van der Waals surface area contributed by atoms with Gasteiger partial charge in [0.05, 0.1) is 0 Å². The molecule has 0 aliphatic carbocycles. The van der Waals surface area contributed by atoms with Gasteiger partial charge >= 0.3 is 0 Å². The molecule has 0 unspecified atom stereocenters. The Labute approximate surface area is 200 Å². The van der Waals surface area contributed by atoms with Crippen LogP contribution in [0.1, 0.15) is 44.2 Å². The molecule has 0 spiro atoms. The molecule has 0 aromatic heterocycles. The van der Waals surface area contributed by atoms with Crippen LogP contribution < -0.4 is 0 Å². The van der Waals surface area contributed by atoms with Crippen molar-refractivity contribution in [2.45, 2.75) is 38.5 Å². The minimum absolute atomic E-state index is 0.164. The lowest BCUT2D eigenvalue weighted by Crippen LogP contribution is -2.25. The van der Waals surface area contributed by atoms with Crippen molar-refractivity contribution in [3.63, 3.8) is 0 Å². The molecule has 174 valence electrons. The Bertz CT molecular complexity index is 1180. The van der Waals surface area contributed by atoms with Crippen molar-refractivity contribution in [1.82, 2.24) is 0 Å². The second kappa shape index (κ2) is 9.52. The predicted octanol–water partition coefficient (Wildman–Crippen LogP) is 7.34. The molecule has 0 aliphatic rings. The van der Waals surface area contributed by atoms with E-state index in [0.29, 0.717) is 11.1 Å². The van der Waals surface area contributed by atoms with Gasteiger partial charge < -0.3 is 20.4 Å². The zero-order chi connectivity index (χ0) is 24.3. The number of benzene rings is 4. The van der Waals surface area contributed by atoms with Gasteiger partial charge in [-0.05, 0) is 65.1 Å². The van der Waals surface area contributed by atoms with E-state index in [4.69, 9.17) is 0 Å². The van der Waals surface area contributed by atoms with Gasteiger partial charge in [-0.3, -0.25) is 0 Å². The number of phenols is 4. The smallest absolute Gasteiger partial charge is 0.123 e. The minimum Gasteiger partial charge on any atom is -0.508 e. The van der Waals surface area contributed by atoms with Crippen LogP contribution in [0.4, 0.5) is 0 Å². The van der Waals surface area contributed by atoms with Crippen LogP contribution in [-0.2, 0) is 5.41 Å². The summed E-state index contributed by atoms with van der Waals surface area (Å²) in [4.78, 5) is 0. The Morgan fingerprint density at radius 1 is 0.588 bits per heavy atom. The van der Waals surface area contributed by atoms with Crippen LogP contribution in [0.2, 0.25) is 0 Å². The van der Waals surface area contributed by atoms with Gasteiger partial charge in [0.2, 0.25) is 0 Å². The molecule has 4 aromatic carbocycles. The highest BCUT2D eigenvalue weighted by Crippen LogP contribution is 2.49. The molecule has 0 fully saturated rings. The van der Waals surface area contributed by atoms with Gasteiger partial charge in [-0.1, -0.05) is 75.2 Å². The third kappa shape index (κ3) is 4.32. The molecule has 0 saturated carbocycles. The van der Waals surface area contributed by atoms with Gasteiger partial charge in [-0.15, -0.1) is 0 Å². The predicted molar refractivity (Wildman–Crippen MR) is 136 cm³/mol. The topological polar surface area (TPSA) is 80.9 Å². The lowest BCUT2D eigenvalue weighted by atomic mass is 9.68. The number of phenolic OH excluding ortho intramolecular Hbond substituents is 4. The average Bonchev–Trinajstić information content (AvgIpc) is 2.84. The highest BCUT2D eigenvalue weighted by Gasteiger charge is 2.35. The summed E-state index contributed by atoms with van der Waals surface area (Å²) in [6.45, 7) is 4.30. The Morgan fingerprint density at radius 3 is 1.38 bits per heavy atom. The summed E-state index contributed by atoms with van der Waals surface area (Å²) in [6.07, 6.45) is 2.74. The Morgan fingerprint density at radius 2 is 1.00 bits per heavy atom. The van der Waals surface area contributed by atoms with Crippen LogP contribution >= 0.6 is 0 Å². The number of hydrogen-bond acceptors (Lipinski definition) is 4. The van der Waals surface area contributed by atoms with Crippen LogP contribution in [-0.4, -0.2) is 20.4 Å².